The van der Waals surface area contributed by atoms with E-state index in [-0.39, 0.29) is 17.8 Å². The maximum atomic E-state index is 10.8. The summed E-state index contributed by atoms with van der Waals surface area (Å²) in [6, 6.07) is 20.2. The van der Waals surface area contributed by atoms with Crippen LogP contribution in [0.4, 0.5) is 0 Å². The predicted molar refractivity (Wildman–Crippen MR) is 173 cm³/mol. The number of phenolic OH excluding ortho intramolecular Hbond substituents is 1. The topological polar surface area (TPSA) is 72.9 Å². The molecule has 2 atom stereocenters. The van der Waals surface area contributed by atoms with Gasteiger partial charge in [-0.3, -0.25) is 9.80 Å². The summed E-state index contributed by atoms with van der Waals surface area (Å²) in [4.78, 5) is 4.75. The van der Waals surface area contributed by atoms with Crippen molar-refractivity contribution in [1.82, 2.24) is 9.80 Å². The van der Waals surface area contributed by atoms with Crippen LogP contribution in [0, 0.1) is 0 Å². The Morgan fingerprint density at radius 1 is 0.711 bits per heavy atom. The molecule has 3 aliphatic rings. The third kappa shape index (κ3) is 5.32. The van der Waals surface area contributed by atoms with Crippen LogP contribution in [0.25, 0.3) is 0 Å². The van der Waals surface area contributed by atoms with Crippen LogP contribution in [-0.2, 0) is 25.7 Å². The highest BCUT2D eigenvalue weighted by Gasteiger charge is 2.34. The quantitative estimate of drug-likeness (QED) is 0.271. The zero-order valence-corrected chi connectivity index (χ0v) is 26.6. The minimum atomic E-state index is -0.00581. The molecule has 3 aliphatic heterocycles. The minimum absolute atomic E-state index is 0.00581. The molecule has 7 rings (SSSR count). The first kappa shape index (κ1) is 29.3. The van der Waals surface area contributed by atoms with E-state index < -0.39 is 0 Å². The van der Waals surface area contributed by atoms with Gasteiger partial charge in [-0.15, -0.1) is 0 Å². The number of nitrogens with zero attached hydrogens (tertiary/aromatic N) is 2. The van der Waals surface area contributed by atoms with Crippen molar-refractivity contribution in [3.8, 4) is 46.0 Å². The van der Waals surface area contributed by atoms with Gasteiger partial charge in [0.15, 0.2) is 34.5 Å². The molecular formula is C37H40N2O6. The lowest BCUT2D eigenvalue weighted by atomic mass is 9.87. The molecule has 1 N–H and O–H groups in total. The number of phenols is 1. The van der Waals surface area contributed by atoms with E-state index in [1.54, 1.807) is 27.4 Å². The summed E-state index contributed by atoms with van der Waals surface area (Å²) in [6.45, 7) is 1.81. The second kappa shape index (κ2) is 11.8. The van der Waals surface area contributed by atoms with E-state index in [0.29, 0.717) is 46.7 Å². The molecule has 8 heteroatoms. The van der Waals surface area contributed by atoms with Gasteiger partial charge in [0.2, 0.25) is 5.75 Å². The molecule has 2 unspecified atom stereocenters. The monoisotopic (exact) mass is 608 g/mol. The van der Waals surface area contributed by atoms with Gasteiger partial charge >= 0.3 is 0 Å². The predicted octanol–water partition coefficient (Wildman–Crippen LogP) is 6.86. The van der Waals surface area contributed by atoms with Crippen LogP contribution < -0.4 is 23.7 Å². The van der Waals surface area contributed by atoms with Gasteiger partial charge in [-0.2, -0.15) is 0 Å². The van der Waals surface area contributed by atoms with E-state index >= 15 is 0 Å². The lowest BCUT2D eigenvalue weighted by Gasteiger charge is -2.37. The molecule has 0 saturated heterocycles. The van der Waals surface area contributed by atoms with E-state index in [9.17, 15) is 5.11 Å². The standard InChI is InChI=1S/C37H40N2O6/c1-38-13-11-24-19-32(41-3)33-21-27(24)28(38)16-23-9-10-30(40)31(18-23)44-26-8-6-7-22(15-26)17-29-35-25(12-14-39(29)2)20-34(42-4)36(43-5)37(35)45-33/h6-10,15,18-21,28-29,40H,11-14,16-17H2,1-5H3. The van der Waals surface area contributed by atoms with Crippen LogP contribution in [0.5, 0.6) is 46.0 Å². The van der Waals surface area contributed by atoms with Crippen LogP contribution in [-0.4, -0.2) is 63.4 Å². The Morgan fingerprint density at radius 2 is 1.42 bits per heavy atom. The second-order valence-electron chi connectivity index (χ2n) is 12.3. The summed E-state index contributed by atoms with van der Waals surface area (Å²) < 4.78 is 31.2. The molecule has 6 bridgehead atoms. The number of hydrogen-bond donors (Lipinski definition) is 1. The zero-order chi connectivity index (χ0) is 31.2. The van der Waals surface area contributed by atoms with Crippen molar-refractivity contribution in [2.24, 2.45) is 0 Å². The summed E-state index contributed by atoms with van der Waals surface area (Å²) >= 11 is 0. The van der Waals surface area contributed by atoms with Gasteiger partial charge in [0.25, 0.3) is 0 Å². The molecule has 4 aromatic rings. The lowest BCUT2D eigenvalue weighted by Crippen LogP contribution is -2.34. The number of hydrogen-bond acceptors (Lipinski definition) is 8. The average molecular weight is 609 g/mol. The number of methoxy groups -OCH3 is 3. The molecule has 0 aromatic heterocycles. The smallest absolute Gasteiger partial charge is 0.204 e. The van der Waals surface area contributed by atoms with Gasteiger partial charge in [-0.25, -0.2) is 0 Å². The first-order chi connectivity index (χ1) is 21.9. The Morgan fingerprint density at radius 3 is 2.20 bits per heavy atom. The summed E-state index contributed by atoms with van der Waals surface area (Å²) in [5.74, 6) is 4.42. The number of rotatable bonds is 3. The number of aromatic hydroxyl groups is 1. The second-order valence-corrected chi connectivity index (χ2v) is 12.3. The van der Waals surface area contributed by atoms with Crippen molar-refractivity contribution in [3.05, 3.63) is 94.0 Å². The SMILES string of the molecule is COc1cc2c3cc1Oc1c(OC)c(OC)cc4c1C(Cc1cccc(c1)Oc1cc(ccc1O)CC3N(C)CC2)N(C)CC4. The van der Waals surface area contributed by atoms with Crippen LogP contribution >= 0.6 is 0 Å². The molecule has 4 aromatic carbocycles. The Balaban J connectivity index is 1.48. The van der Waals surface area contributed by atoms with Crippen LogP contribution in [0.3, 0.4) is 0 Å². The largest absolute Gasteiger partial charge is 0.504 e. The number of fused-ring (bicyclic) bond motifs is 5. The van der Waals surface area contributed by atoms with E-state index in [4.69, 9.17) is 23.7 Å². The molecule has 0 radical (unpaired) electrons. The molecule has 0 aliphatic carbocycles. The van der Waals surface area contributed by atoms with Gasteiger partial charge in [0, 0.05) is 30.7 Å². The van der Waals surface area contributed by atoms with Crippen molar-refractivity contribution in [3.63, 3.8) is 0 Å². The van der Waals surface area contributed by atoms with Crippen molar-refractivity contribution in [1.29, 1.82) is 0 Å². The molecule has 8 nitrogen and oxygen atoms in total. The fourth-order valence-corrected chi connectivity index (χ4v) is 7.16. The fraction of sp³-hybridized carbons (Fsp3) is 0.351. The number of benzene rings is 4. The fourth-order valence-electron chi connectivity index (χ4n) is 7.16. The summed E-state index contributed by atoms with van der Waals surface area (Å²) in [7, 11) is 9.33. The molecule has 0 amide bonds. The van der Waals surface area contributed by atoms with Crippen LogP contribution in [0.1, 0.15) is 45.5 Å². The Bertz CT molecular complexity index is 1750. The summed E-state index contributed by atoms with van der Waals surface area (Å²) in [5, 5.41) is 10.8. The van der Waals surface area contributed by atoms with E-state index in [1.165, 1.54) is 16.7 Å². The van der Waals surface area contributed by atoms with Crippen LogP contribution in [0.2, 0.25) is 0 Å². The van der Waals surface area contributed by atoms with Gasteiger partial charge in [-0.1, -0.05) is 18.2 Å². The lowest BCUT2D eigenvalue weighted by molar-refractivity contribution is 0.220. The van der Waals surface area contributed by atoms with Crippen molar-refractivity contribution in [2.45, 2.75) is 37.8 Å². The van der Waals surface area contributed by atoms with E-state index in [2.05, 4.69) is 54.2 Å². The highest BCUT2D eigenvalue weighted by Crippen LogP contribution is 2.52. The number of likely N-dealkylation sites (N-methyl/N-ethyl adjacent to an activating group) is 2. The average Bonchev–Trinajstić information content (AvgIpc) is 3.04. The first-order valence-electron chi connectivity index (χ1n) is 15.5. The molecule has 0 spiro atoms. The van der Waals surface area contributed by atoms with Crippen molar-refractivity contribution >= 4 is 0 Å². The third-order valence-corrected chi connectivity index (χ3v) is 9.62. The molecule has 0 fully saturated rings. The number of ether oxygens (including phenoxy) is 5. The van der Waals surface area contributed by atoms with Gasteiger partial charge in [0.1, 0.15) is 5.75 Å². The van der Waals surface area contributed by atoms with Crippen LogP contribution in [0.15, 0.2) is 60.7 Å². The zero-order valence-electron chi connectivity index (χ0n) is 26.6. The summed E-state index contributed by atoms with van der Waals surface area (Å²) in [6.07, 6.45) is 3.21. The van der Waals surface area contributed by atoms with Gasteiger partial charge < -0.3 is 28.8 Å². The summed E-state index contributed by atoms with van der Waals surface area (Å²) in [5.41, 5.74) is 6.86. The molecule has 234 valence electrons. The normalized spacial score (nSPS) is 19.4. The van der Waals surface area contributed by atoms with Crippen molar-refractivity contribution < 1.29 is 28.8 Å². The Labute approximate surface area is 264 Å². The highest BCUT2D eigenvalue weighted by atomic mass is 16.5. The molecule has 0 saturated carbocycles. The third-order valence-electron chi connectivity index (χ3n) is 9.62. The molecule has 45 heavy (non-hydrogen) atoms. The first-order valence-corrected chi connectivity index (χ1v) is 15.5. The maximum absolute atomic E-state index is 10.8. The van der Waals surface area contributed by atoms with E-state index in [1.807, 2.05) is 24.3 Å². The van der Waals surface area contributed by atoms with Gasteiger partial charge in [0.05, 0.1) is 21.3 Å². The highest BCUT2D eigenvalue weighted by molar-refractivity contribution is 5.63. The van der Waals surface area contributed by atoms with Gasteiger partial charge in [-0.05, 0) is 110 Å². The Kier molecular flexibility index (Phi) is 7.71. The molecular weight excluding hydrogens is 568 g/mol. The van der Waals surface area contributed by atoms with Crippen molar-refractivity contribution in [2.75, 3.05) is 48.5 Å². The molecule has 3 heterocycles. The van der Waals surface area contributed by atoms with E-state index in [0.717, 1.165) is 49.0 Å². The Hall–Kier alpha value is -4.40. The maximum Gasteiger partial charge on any atom is 0.204 e. The minimum Gasteiger partial charge on any atom is -0.504 e.